The van der Waals surface area contributed by atoms with Gasteiger partial charge in [0.25, 0.3) is 0 Å². The van der Waals surface area contributed by atoms with Gasteiger partial charge in [-0.2, -0.15) is 0 Å². The Morgan fingerprint density at radius 1 is 0.900 bits per heavy atom. The maximum Gasteiger partial charge on any atom is 0.0977 e. The quantitative estimate of drug-likeness (QED) is 0.729. The van der Waals surface area contributed by atoms with Gasteiger partial charge in [0, 0.05) is 24.4 Å². The lowest BCUT2D eigenvalue weighted by Crippen LogP contribution is -2.26. The summed E-state index contributed by atoms with van der Waals surface area (Å²) in [6.45, 7) is 0. The lowest BCUT2D eigenvalue weighted by atomic mass is 9.90. The molecule has 98 valence electrons. The second-order valence-electron chi connectivity index (χ2n) is 5.56. The van der Waals surface area contributed by atoms with Crippen molar-refractivity contribution in [3.05, 3.63) is 77.5 Å². The van der Waals surface area contributed by atoms with Crippen LogP contribution in [0.25, 0.3) is 10.9 Å². The van der Waals surface area contributed by atoms with E-state index in [2.05, 4.69) is 23.2 Å². The van der Waals surface area contributed by atoms with Crippen LogP contribution >= 0.6 is 0 Å². The molecule has 0 atom stereocenters. The maximum absolute atomic E-state index is 11.0. The molecule has 0 radical (unpaired) electrons. The molecule has 4 rings (SSSR count). The van der Waals surface area contributed by atoms with Crippen molar-refractivity contribution in [3.63, 3.8) is 0 Å². The summed E-state index contributed by atoms with van der Waals surface area (Å²) in [6.07, 6.45) is 3.17. The third-order valence-corrected chi connectivity index (χ3v) is 4.22. The molecule has 0 saturated heterocycles. The van der Waals surface area contributed by atoms with Crippen LogP contribution in [0, 0.1) is 0 Å². The van der Waals surface area contributed by atoms with Gasteiger partial charge in [-0.15, -0.1) is 0 Å². The van der Waals surface area contributed by atoms with Crippen LogP contribution in [0.15, 0.2) is 60.8 Å². The van der Waals surface area contributed by atoms with E-state index in [1.54, 1.807) is 6.20 Å². The predicted molar refractivity (Wildman–Crippen MR) is 79.5 cm³/mol. The highest BCUT2D eigenvalue weighted by Gasteiger charge is 2.36. The van der Waals surface area contributed by atoms with Crippen molar-refractivity contribution in [2.75, 3.05) is 0 Å². The van der Waals surface area contributed by atoms with E-state index in [0.29, 0.717) is 12.8 Å². The molecule has 1 aromatic heterocycles. The fourth-order valence-corrected chi connectivity index (χ4v) is 3.16. The predicted octanol–water partition coefficient (Wildman–Crippen LogP) is 3.22. The minimum Gasteiger partial charge on any atom is -0.384 e. The second kappa shape index (κ2) is 4.15. The Morgan fingerprint density at radius 3 is 2.40 bits per heavy atom. The number of hydrogen-bond acceptors (Lipinski definition) is 2. The van der Waals surface area contributed by atoms with E-state index in [-0.39, 0.29) is 0 Å². The Balaban J connectivity index is 1.80. The normalized spacial score (nSPS) is 16.2. The third kappa shape index (κ3) is 1.73. The highest BCUT2D eigenvalue weighted by atomic mass is 16.3. The number of fused-ring (bicyclic) bond motifs is 2. The molecule has 0 spiro atoms. The molecule has 0 fully saturated rings. The average molecular weight is 261 g/mol. The summed E-state index contributed by atoms with van der Waals surface area (Å²) in [5, 5.41) is 12.1. The van der Waals surface area contributed by atoms with Gasteiger partial charge in [-0.3, -0.25) is 4.98 Å². The zero-order valence-electron chi connectivity index (χ0n) is 11.1. The lowest BCUT2D eigenvalue weighted by molar-refractivity contribution is 0.0483. The van der Waals surface area contributed by atoms with Crippen molar-refractivity contribution in [2.24, 2.45) is 0 Å². The smallest absolute Gasteiger partial charge is 0.0977 e. The van der Waals surface area contributed by atoms with Crippen LogP contribution in [-0.4, -0.2) is 10.1 Å². The van der Waals surface area contributed by atoms with Crippen molar-refractivity contribution in [1.82, 2.24) is 4.98 Å². The standard InChI is InChI=1S/C18H15NO/c20-18(11-14-4-1-2-5-15(14)12-18)16-7-8-17-13(10-16)6-3-9-19-17/h1-10,20H,11-12H2. The number of nitrogens with zero attached hydrogens (tertiary/aromatic N) is 1. The topological polar surface area (TPSA) is 33.1 Å². The number of hydrogen-bond donors (Lipinski definition) is 1. The Hall–Kier alpha value is -2.19. The van der Waals surface area contributed by atoms with Crippen LogP contribution in [0.3, 0.4) is 0 Å². The summed E-state index contributed by atoms with van der Waals surface area (Å²) in [7, 11) is 0. The maximum atomic E-state index is 11.0. The minimum absolute atomic E-state index is 0.689. The average Bonchev–Trinajstić information content (AvgIpc) is 2.84. The van der Waals surface area contributed by atoms with Crippen molar-refractivity contribution in [1.29, 1.82) is 0 Å². The highest BCUT2D eigenvalue weighted by Crippen LogP contribution is 2.38. The fourth-order valence-electron chi connectivity index (χ4n) is 3.16. The number of benzene rings is 2. The largest absolute Gasteiger partial charge is 0.384 e. The van der Waals surface area contributed by atoms with E-state index in [1.807, 2.05) is 36.4 Å². The first-order valence-electron chi connectivity index (χ1n) is 6.89. The first-order chi connectivity index (χ1) is 9.74. The zero-order chi connectivity index (χ0) is 13.6. The van der Waals surface area contributed by atoms with E-state index in [9.17, 15) is 5.11 Å². The zero-order valence-corrected chi connectivity index (χ0v) is 11.1. The van der Waals surface area contributed by atoms with Gasteiger partial charge in [0.15, 0.2) is 0 Å². The van der Waals surface area contributed by atoms with Crippen LogP contribution in [-0.2, 0) is 18.4 Å². The molecule has 1 aliphatic carbocycles. The Bertz CT molecular complexity index is 769. The van der Waals surface area contributed by atoms with Crippen molar-refractivity contribution < 1.29 is 5.11 Å². The molecule has 2 aromatic carbocycles. The van der Waals surface area contributed by atoms with Crippen LogP contribution in [0.1, 0.15) is 16.7 Å². The Kier molecular flexibility index (Phi) is 2.41. The molecule has 0 aliphatic heterocycles. The van der Waals surface area contributed by atoms with Crippen molar-refractivity contribution in [2.45, 2.75) is 18.4 Å². The van der Waals surface area contributed by atoms with Crippen molar-refractivity contribution >= 4 is 10.9 Å². The fraction of sp³-hybridized carbons (Fsp3) is 0.167. The number of pyridine rings is 1. The van der Waals surface area contributed by atoms with Gasteiger partial charge >= 0.3 is 0 Å². The highest BCUT2D eigenvalue weighted by molar-refractivity contribution is 5.79. The number of aromatic nitrogens is 1. The lowest BCUT2D eigenvalue weighted by Gasteiger charge is -2.23. The molecule has 1 N–H and O–H groups in total. The molecular formula is C18H15NO. The summed E-state index contributed by atoms with van der Waals surface area (Å²) in [4.78, 5) is 4.33. The van der Waals surface area contributed by atoms with Gasteiger partial charge < -0.3 is 5.11 Å². The first-order valence-corrected chi connectivity index (χ1v) is 6.89. The molecule has 3 aromatic rings. The molecule has 0 bridgehead atoms. The van der Waals surface area contributed by atoms with E-state index in [1.165, 1.54) is 11.1 Å². The van der Waals surface area contributed by atoms with Crippen molar-refractivity contribution in [3.8, 4) is 0 Å². The molecular weight excluding hydrogens is 246 g/mol. The molecule has 1 heterocycles. The first kappa shape index (κ1) is 11.6. The molecule has 1 aliphatic rings. The van der Waals surface area contributed by atoms with Gasteiger partial charge in [0.05, 0.1) is 11.1 Å². The SMILES string of the molecule is OC1(c2ccc3ncccc3c2)Cc2ccccc2C1. The van der Waals surface area contributed by atoms with Gasteiger partial charge in [-0.1, -0.05) is 36.4 Å². The molecule has 2 heteroatoms. The molecule has 0 amide bonds. The summed E-state index contributed by atoms with van der Waals surface area (Å²) in [5.41, 5.74) is 3.67. The van der Waals surface area contributed by atoms with E-state index >= 15 is 0 Å². The van der Waals surface area contributed by atoms with Gasteiger partial charge in [-0.05, 0) is 34.9 Å². The monoisotopic (exact) mass is 261 g/mol. The van der Waals surface area contributed by atoms with E-state index < -0.39 is 5.60 Å². The van der Waals surface area contributed by atoms with Crippen LogP contribution in [0.2, 0.25) is 0 Å². The van der Waals surface area contributed by atoms with E-state index in [0.717, 1.165) is 16.5 Å². The van der Waals surface area contributed by atoms with Gasteiger partial charge in [0.1, 0.15) is 0 Å². The minimum atomic E-state index is -0.784. The summed E-state index contributed by atoms with van der Waals surface area (Å²) < 4.78 is 0. The van der Waals surface area contributed by atoms with Gasteiger partial charge in [0.2, 0.25) is 0 Å². The third-order valence-electron chi connectivity index (χ3n) is 4.22. The number of aliphatic hydroxyl groups is 1. The van der Waals surface area contributed by atoms with Gasteiger partial charge in [-0.25, -0.2) is 0 Å². The van der Waals surface area contributed by atoms with E-state index in [4.69, 9.17) is 0 Å². The second-order valence-corrected chi connectivity index (χ2v) is 5.56. The van der Waals surface area contributed by atoms with Crippen LogP contribution in [0.4, 0.5) is 0 Å². The molecule has 0 saturated carbocycles. The Morgan fingerprint density at radius 2 is 1.65 bits per heavy atom. The number of rotatable bonds is 1. The molecule has 20 heavy (non-hydrogen) atoms. The molecule has 2 nitrogen and oxygen atoms in total. The summed E-state index contributed by atoms with van der Waals surface area (Å²) >= 11 is 0. The van der Waals surface area contributed by atoms with Crippen LogP contribution in [0.5, 0.6) is 0 Å². The van der Waals surface area contributed by atoms with Crippen LogP contribution < -0.4 is 0 Å². The summed E-state index contributed by atoms with van der Waals surface area (Å²) in [6, 6.07) is 18.3. The Labute approximate surface area is 117 Å². The molecule has 0 unspecified atom stereocenters. The summed E-state index contributed by atoms with van der Waals surface area (Å²) in [5.74, 6) is 0.